The van der Waals surface area contributed by atoms with E-state index in [1.165, 1.54) is 37.4 Å². The van der Waals surface area contributed by atoms with E-state index in [4.69, 9.17) is 10.5 Å². The molecule has 0 fully saturated rings. The molecule has 0 aliphatic carbocycles. The molecule has 0 bridgehead atoms. The molecule has 0 aliphatic heterocycles. The van der Waals surface area contributed by atoms with Gasteiger partial charge in [0.15, 0.2) is 0 Å². The van der Waals surface area contributed by atoms with Crippen LogP contribution in [0.15, 0.2) is 62.5 Å². The van der Waals surface area contributed by atoms with E-state index < -0.39 is 30.0 Å². The predicted octanol–water partition coefficient (Wildman–Crippen LogP) is 3.98. The van der Waals surface area contributed by atoms with E-state index in [9.17, 15) is 25.9 Å². The molecular weight excluding hydrogens is 434 g/mol. The summed E-state index contributed by atoms with van der Waals surface area (Å²) in [4.78, 5) is -1.13. The fraction of sp³-hybridized carbons (Fsp3) is 0.111. The predicted molar refractivity (Wildman–Crippen MR) is 108 cm³/mol. The van der Waals surface area contributed by atoms with Crippen molar-refractivity contribution in [2.75, 3.05) is 7.11 Å². The van der Waals surface area contributed by atoms with Crippen molar-refractivity contribution in [3.63, 3.8) is 0 Å². The first kappa shape index (κ1) is 21.6. The minimum Gasteiger partial charge on any atom is -0.494 e. The van der Waals surface area contributed by atoms with Gasteiger partial charge in [-0.15, -0.1) is 0 Å². The maximum Gasteiger partial charge on any atom is 0.295 e. The molecule has 0 aromatic heterocycles. The molecule has 10 nitrogen and oxygen atoms in total. The van der Waals surface area contributed by atoms with Crippen molar-refractivity contribution in [3.05, 3.63) is 48.0 Å². The van der Waals surface area contributed by atoms with Gasteiger partial charge in [0.05, 0.1) is 24.2 Å². The Balaban J connectivity index is 2.26. The monoisotopic (exact) mass is 450 g/mol. The highest BCUT2D eigenvalue weighted by Gasteiger charge is 2.21. The second kappa shape index (κ2) is 7.65. The lowest BCUT2D eigenvalue weighted by atomic mass is 10.1. The first-order valence-corrected chi connectivity index (χ1v) is 11.1. The second-order valence-electron chi connectivity index (χ2n) is 6.28. The SMILES string of the molecule is COc1cc(N=Nc2cc(S(=O)(=O)O)c3cccc(S(=O)(=O)O)c3c2)c(C)cc1[NH]. The van der Waals surface area contributed by atoms with Gasteiger partial charge in [-0.3, -0.25) is 14.8 Å². The Morgan fingerprint density at radius 1 is 0.900 bits per heavy atom. The van der Waals surface area contributed by atoms with Gasteiger partial charge in [-0.2, -0.15) is 27.1 Å². The third kappa shape index (κ3) is 4.26. The van der Waals surface area contributed by atoms with E-state index in [1.807, 2.05) is 0 Å². The lowest BCUT2D eigenvalue weighted by Crippen LogP contribution is -2.03. The Labute approximate surface area is 172 Å². The molecule has 1 radical (unpaired) electrons. The van der Waals surface area contributed by atoms with Crippen LogP contribution in [0.3, 0.4) is 0 Å². The number of rotatable bonds is 5. The molecule has 0 unspecified atom stereocenters. The van der Waals surface area contributed by atoms with E-state index in [1.54, 1.807) is 6.92 Å². The van der Waals surface area contributed by atoms with Gasteiger partial charge in [-0.05, 0) is 36.8 Å². The zero-order valence-corrected chi connectivity index (χ0v) is 17.3. The minimum absolute atomic E-state index is 0.0838. The number of methoxy groups -OCH3 is 1. The standard InChI is InChI=1S/C18H16N3O7S2/c1-10-6-14(19)16(28-2)9-15(10)21-20-11-7-13-12(18(8-11)30(25,26)27)4-3-5-17(13)29(22,23)24/h3-9,19H,1-2H3,(H,22,23,24)(H,25,26,27). The Bertz CT molecular complexity index is 1400. The van der Waals surface area contributed by atoms with Gasteiger partial charge in [-0.1, -0.05) is 12.1 Å². The number of aryl methyl sites for hydroxylation is 1. The zero-order chi connectivity index (χ0) is 22.3. The molecule has 0 spiro atoms. The van der Waals surface area contributed by atoms with Crippen LogP contribution in [0, 0.1) is 6.92 Å². The summed E-state index contributed by atoms with van der Waals surface area (Å²) in [5.41, 5.74) is 8.79. The van der Waals surface area contributed by atoms with E-state index >= 15 is 0 Å². The van der Waals surface area contributed by atoms with E-state index in [0.717, 1.165) is 12.1 Å². The molecule has 3 aromatic carbocycles. The van der Waals surface area contributed by atoms with Crippen LogP contribution in [0.2, 0.25) is 0 Å². The van der Waals surface area contributed by atoms with Crippen LogP contribution in [-0.4, -0.2) is 33.1 Å². The van der Waals surface area contributed by atoms with Gasteiger partial charge in [0, 0.05) is 16.8 Å². The summed E-state index contributed by atoms with van der Waals surface area (Å²) in [5.74, 6) is 0.250. The topological polar surface area (TPSA) is 166 Å². The Hall–Kier alpha value is -3.06. The highest BCUT2D eigenvalue weighted by atomic mass is 32.2. The molecule has 3 rings (SSSR count). The van der Waals surface area contributed by atoms with Crippen LogP contribution < -0.4 is 10.5 Å². The first-order valence-electron chi connectivity index (χ1n) is 8.25. The van der Waals surface area contributed by atoms with Crippen molar-refractivity contribution in [1.82, 2.24) is 5.73 Å². The number of nitrogens with zero attached hydrogens (tertiary/aromatic N) is 2. The van der Waals surface area contributed by atoms with Crippen molar-refractivity contribution in [2.24, 2.45) is 10.2 Å². The number of hydrogen-bond acceptors (Lipinski definition) is 7. The number of nitrogens with one attached hydrogen (secondary N) is 1. The molecular formula is C18H16N3O7S2. The van der Waals surface area contributed by atoms with Gasteiger partial charge in [0.2, 0.25) is 0 Å². The third-order valence-electron chi connectivity index (χ3n) is 4.25. The van der Waals surface area contributed by atoms with Gasteiger partial charge in [0.1, 0.15) is 15.5 Å². The van der Waals surface area contributed by atoms with Crippen molar-refractivity contribution in [2.45, 2.75) is 16.7 Å². The average molecular weight is 450 g/mol. The summed E-state index contributed by atoms with van der Waals surface area (Å²) in [6.45, 7) is 1.69. The quantitative estimate of drug-likeness (QED) is 0.438. The molecule has 0 aliphatic rings. The smallest absolute Gasteiger partial charge is 0.295 e. The normalized spacial score (nSPS) is 12.5. The van der Waals surface area contributed by atoms with E-state index in [2.05, 4.69) is 10.2 Å². The fourth-order valence-electron chi connectivity index (χ4n) is 2.87. The zero-order valence-electron chi connectivity index (χ0n) is 15.7. The van der Waals surface area contributed by atoms with Crippen molar-refractivity contribution in [1.29, 1.82) is 0 Å². The molecule has 0 saturated heterocycles. The summed E-state index contributed by atoms with van der Waals surface area (Å²) in [6, 6.07) is 8.84. The summed E-state index contributed by atoms with van der Waals surface area (Å²) in [6.07, 6.45) is 0. The van der Waals surface area contributed by atoms with Crippen LogP contribution in [0.1, 0.15) is 5.56 Å². The summed E-state index contributed by atoms with van der Waals surface area (Å²) in [5, 5.41) is 7.71. The molecule has 12 heteroatoms. The molecule has 0 heterocycles. The Morgan fingerprint density at radius 2 is 1.57 bits per heavy atom. The highest BCUT2D eigenvalue weighted by molar-refractivity contribution is 7.86. The van der Waals surface area contributed by atoms with Crippen LogP contribution >= 0.6 is 0 Å². The van der Waals surface area contributed by atoms with Gasteiger partial charge in [-0.25, -0.2) is 0 Å². The molecule has 3 aromatic rings. The third-order valence-corrected chi connectivity index (χ3v) is 6.06. The number of ether oxygens (including phenoxy) is 1. The number of benzene rings is 3. The van der Waals surface area contributed by atoms with Crippen LogP contribution in [0.5, 0.6) is 5.75 Å². The average Bonchev–Trinajstić information content (AvgIpc) is 2.64. The molecule has 3 N–H and O–H groups in total. The summed E-state index contributed by atoms with van der Waals surface area (Å²) < 4.78 is 71.2. The maximum absolute atomic E-state index is 11.8. The van der Waals surface area contributed by atoms with Gasteiger partial charge in [0.25, 0.3) is 20.2 Å². The number of hydrogen-bond donors (Lipinski definition) is 2. The fourth-order valence-corrected chi connectivity index (χ4v) is 4.29. The molecule has 0 saturated carbocycles. The van der Waals surface area contributed by atoms with E-state index in [-0.39, 0.29) is 27.9 Å². The molecule has 0 amide bonds. The lowest BCUT2D eigenvalue weighted by Gasteiger charge is -2.09. The van der Waals surface area contributed by atoms with Crippen LogP contribution in [0.4, 0.5) is 17.1 Å². The molecule has 157 valence electrons. The Morgan fingerprint density at radius 3 is 2.17 bits per heavy atom. The van der Waals surface area contributed by atoms with Gasteiger partial charge < -0.3 is 4.74 Å². The minimum atomic E-state index is -4.74. The summed E-state index contributed by atoms with van der Waals surface area (Å²) >= 11 is 0. The highest BCUT2D eigenvalue weighted by Crippen LogP contribution is 2.35. The molecule has 0 atom stereocenters. The molecule has 30 heavy (non-hydrogen) atoms. The van der Waals surface area contributed by atoms with Crippen molar-refractivity contribution < 1.29 is 30.7 Å². The van der Waals surface area contributed by atoms with Crippen molar-refractivity contribution >= 4 is 48.1 Å². The lowest BCUT2D eigenvalue weighted by molar-refractivity contribution is 0.416. The number of azo groups is 1. The first-order chi connectivity index (χ1) is 13.9. The van der Waals surface area contributed by atoms with Gasteiger partial charge >= 0.3 is 0 Å². The largest absolute Gasteiger partial charge is 0.494 e. The van der Waals surface area contributed by atoms with Crippen molar-refractivity contribution in [3.8, 4) is 5.75 Å². The Kier molecular flexibility index (Phi) is 5.52. The maximum atomic E-state index is 11.8. The van der Waals surface area contributed by atoms with E-state index in [0.29, 0.717) is 11.3 Å². The second-order valence-corrected chi connectivity index (χ2v) is 9.06. The summed E-state index contributed by atoms with van der Waals surface area (Å²) in [7, 11) is -8.04. The van der Waals surface area contributed by atoms with Crippen LogP contribution in [-0.2, 0) is 20.2 Å². The number of fused-ring (bicyclic) bond motifs is 1. The van der Waals surface area contributed by atoms with Crippen LogP contribution in [0.25, 0.3) is 10.8 Å².